The maximum Gasteiger partial charge on any atom is 3.00 e. The fourth-order valence-corrected chi connectivity index (χ4v) is 3.20. The van der Waals surface area contributed by atoms with E-state index in [1.807, 2.05) is 0 Å². The second-order valence-electron chi connectivity index (χ2n) is 8.09. The van der Waals surface area contributed by atoms with Gasteiger partial charge in [0.1, 0.15) is 54.9 Å². The van der Waals surface area contributed by atoms with E-state index in [2.05, 4.69) is 14.2 Å². The maximum absolute atomic E-state index is 10.7. The molecule has 3 saturated heterocycles. The summed E-state index contributed by atoms with van der Waals surface area (Å²) >= 11 is 0. The van der Waals surface area contributed by atoms with Gasteiger partial charge >= 0.3 is 26.2 Å². The van der Waals surface area contributed by atoms with E-state index < -0.39 is 112 Å². The van der Waals surface area contributed by atoms with E-state index in [0.717, 1.165) is 0 Å². The first-order valence-electron chi connectivity index (χ1n) is 10.6. The van der Waals surface area contributed by atoms with E-state index in [9.17, 15) is 15.3 Å². The van der Waals surface area contributed by atoms with Crippen LogP contribution in [0.25, 0.3) is 0 Å². The van der Waals surface area contributed by atoms with Crippen molar-refractivity contribution in [1.29, 1.82) is 0 Å². The Morgan fingerprint density at radius 1 is 0.378 bits per heavy atom. The molecule has 3 rings (SSSR count). The molecule has 218 valence electrons. The number of hydrogen-bond donors (Lipinski definition) is 12. The molecule has 0 spiro atoms. The Labute approximate surface area is 228 Å². The minimum absolute atomic E-state index is 0. The molecular formula is C18H33BiO18. The summed E-state index contributed by atoms with van der Waals surface area (Å²) in [7, 11) is 0. The van der Waals surface area contributed by atoms with E-state index in [0.29, 0.717) is 0 Å². The van der Waals surface area contributed by atoms with Crippen molar-refractivity contribution in [1.82, 2.24) is 0 Å². The molecule has 3 aliphatic rings. The second kappa shape index (κ2) is 17.1. The van der Waals surface area contributed by atoms with Crippen LogP contribution in [0.1, 0.15) is 0 Å². The molecule has 37 heavy (non-hydrogen) atoms. The molecule has 0 amide bonds. The molecule has 0 aliphatic carbocycles. The van der Waals surface area contributed by atoms with Crippen molar-refractivity contribution in [2.75, 3.05) is 19.8 Å². The number of rotatable bonds is 3. The number of ether oxygens (including phenoxy) is 3. The third-order valence-corrected chi connectivity index (χ3v) is 5.55. The first-order valence-corrected chi connectivity index (χ1v) is 10.6. The van der Waals surface area contributed by atoms with Crippen LogP contribution in [0.15, 0.2) is 0 Å². The van der Waals surface area contributed by atoms with Crippen LogP contribution in [0.2, 0.25) is 0 Å². The molecule has 0 aromatic carbocycles. The van der Waals surface area contributed by atoms with E-state index in [1.54, 1.807) is 0 Å². The van der Waals surface area contributed by atoms with Crippen LogP contribution in [0.5, 0.6) is 0 Å². The molecule has 15 atom stereocenters. The molecule has 0 saturated carbocycles. The molecule has 2 radical (unpaired) electrons. The summed E-state index contributed by atoms with van der Waals surface area (Å²) in [5.41, 5.74) is 0. The molecule has 12 N–H and O–H groups in total. The zero-order chi connectivity index (χ0) is 27.9. The largest absolute Gasteiger partial charge is 3.00 e. The Morgan fingerprint density at radius 2 is 0.568 bits per heavy atom. The monoisotopic (exact) mass is 746 g/mol. The molecule has 0 bridgehead atoms. The SMILES string of the molecule is [Bi+3].[O-][C@H]1O[C@H](CO)[C@@H](O)[C@H](O)[C@H]1O.[O-][C@H]1O[C@H](CO)[C@@H](O)[C@H](O)[C@H]1O.[O-][C@H]1O[C@H](CO)[C@@H](O)[C@H](O)[C@H]1O. The molecule has 3 fully saturated rings. The standard InChI is InChI=1S/3C6H11O6.Bi/c3*7-1-2-3(8)4(9)5(10)6(11)12-2;/h3*2-10H,1H2;/q3*-1;+3/t3*2-,3-,4+,5-,6+;/m111./s1. The van der Waals surface area contributed by atoms with Crippen molar-refractivity contribution in [3.63, 3.8) is 0 Å². The molecular weight excluding hydrogens is 713 g/mol. The Kier molecular flexibility index (Phi) is 17.2. The fraction of sp³-hybridized carbons (Fsp3) is 1.00. The molecule has 18 nitrogen and oxygen atoms in total. The van der Waals surface area contributed by atoms with Crippen LogP contribution in [-0.4, -0.2) is 199 Å². The third-order valence-electron chi connectivity index (χ3n) is 5.55. The van der Waals surface area contributed by atoms with Gasteiger partial charge in [-0.3, -0.25) is 0 Å². The summed E-state index contributed by atoms with van der Waals surface area (Å²) < 4.78 is 13.4. The molecule has 0 aromatic heterocycles. The summed E-state index contributed by atoms with van der Waals surface area (Å²) in [6.45, 7) is -1.70. The molecule has 19 heteroatoms. The minimum atomic E-state index is -1.82. The van der Waals surface area contributed by atoms with Crippen molar-refractivity contribution >= 4 is 26.2 Å². The number of hydrogen-bond acceptors (Lipinski definition) is 18. The van der Waals surface area contributed by atoms with Gasteiger partial charge in [-0.15, -0.1) is 0 Å². The van der Waals surface area contributed by atoms with Crippen LogP contribution in [0, 0.1) is 0 Å². The zero-order valence-electron chi connectivity index (χ0n) is 19.0. The molecule has 0 unspecified atom stereocenters. The van der Waals surface area contributed by atoms with Crippen molar-refractivity contribution in [3.8, 4) is 0 Å². The van der Waals surface area contributed by atoms with Gasteiger partial charge in [-0.25, -0.2) is 0 Å². The van der Waals surface area contributed by atoms with Gasteiger partial charge in [0.2, 0.25) is 0 Å². The number of aliphatic hydroxyl groups is 12. The second-order valence-corrected chi connectivity index (χ2v) is 8.09. The van der Waals surface area contributed by atoms with Crippen molar-refractivity contribution < 1.29 is 90.8 Å². The summed E-state index contributed by atoms with van der Waals surface area (Å²) in [5.74, 6) is 0. The smallest absolute Gasteiger partial charge is 0.829 e. The Hall–Kier alpha value is 0.163. The first kappa shape index (κ1) is 37.2. The zero-order valence-corrected chi connectivity index (χ0v) is 22.5. The van der Waals surface area contributed by atoms with Gasteiger partial charge in [0.25, 0.3) is 0 Å². The summed E-state index contributed by atoms with van der Waals surface area (Å²) in [4.78, 5) is 0. The summed E-state index contributed by atoms with van der Waals surface area (Å²) in [6.07, 6.45) is -22.7. The average molecular weight is 746 g/mol. The van der Waals surface area contributed by atoms with Gasteiger partial charge in [0.05, 0.1) is 38.1 Å². The van der Waals surface area contributed by atoms with Crippen LogP contribution in [0.3, 0.4) is 0 Å². The molecule has 3 aliphatic heterocycles. The van der Waals surface area contributed by atoms with Gasteiger partial charge in [-0.1, -0.05) is 0 Å². The van der Waals surface area contributed by atoms with Gasteiger partial charge in [0.15, 0.2) is 0 Å². The summed E-state index contributed by atoms with van der Waals surface area (Å²) in [5, 5.41) is 139. The van der Waals surface area contributed by atoms with Gasteiger partial charge in [-0.05, 0) is 0 Å². The first-order chi connectivity index (χ1) is 16.7. The molecule has 0 aromatic rings. The van der Waals surface area contributed by atoms with Crippen molar-refractivity contribution in [3.05, 3.63) is 0 Å². The quantitative estimate of drug-likeness (QED) is 0.119. The van der Waals surface area contributed by atoms with Crippen LogP contribution in [-0.2, 0) is 14.2 Å². The van der Waals surface area contributed by atoms with E-state index >= 15 is 0 Å². The van der Waals surface area contributed by atoms with E-state index in [4.69, 9.17) is 61.3 Å². The predicted octanol–water partition coefficient (Wildman–Crippen LogP) is -11.9. The minimum Gasteiger partial charge on any atom is -0.829 e. The van der Waals surface area contributed by atoms with E-state index in [-0.39, 0.29) is 26.2 Å². The normalized spacial score (nSPS) is 47.9. The van der Waals surface area contributed by atoms with Gasteiger partial charge in [0, 0.05) is 18.9 Å². The predicted molar refractivity (Wildman–Crippen MR) is 107 cm³/mol. The van der Waals surface area contributed by atoms with Crippen LogP contribution >= 0.6 is 0 Å². The molecule has 3 heterocycles. The topological polar surface area (TPSA) is 340 Å². The van der Waals surface area contributed by atoms with Gasteiger partial charge < -0.3 is 90.8 Å². The third kappa shape index (κ3) is 9.64. The maximum atomic E-state index is 10.7. The Morgan fingerprint density at radius 3 is 0.730 bits per heavy atom. The van der Waals surface area contributed by atoms with Crippen LogP contribution in [0.4, 0.5) is 0 Å². The van der Waals surface area contributed by atoms with Crippen molar-refractivity contribution in [2.24, 2.45) is 0 Å². The Bertz CT molecular complexity index is 526. The van der Waals surface area contributed by atoms with Gasteiger partial charge in [-0.2, -0.15) is 0 Å². The van der Waals surface area contributed by atoms with E-state index in [1.165, 1.54) is 0 Å². The van der Waals surface area contributed by atoms with Crippen molar-refractivity contribution in [2.45, 2.75) is 92.1 Å². The Balaban J connectivity index is 0.000000518. The average Bonchev–Trinajstić information content (AvgIpc) is 2.87. The summed E-state index contributed by atoms with van der Waals surface area (Å²) in [6, 6.07) is 0. The van der Waals surface area contributed by atoms with Crippen LogP contribution < -0.4 is 15.3 Å². The fourth-order valence-electron chi connectivity index (χ4n) is 3.20. The number of aliphatic hydroxyl groups excluding tert-OH is 12.